The van der Waals surface area contributed by atoms with Crippen LogP contribution in [0.1, 0.15) is 10.4 Å². The maximum atomic E-state index is 14.5. The third kappa shape index (κ3) is 4.82. The third-order valence-corrected chi connectivity index (χ3v) is 6.12. The van der Waals surface area contributed by atoms with Gasteiger partial charge in [-0.3, -0.25) is 9.52 Å². The number of nitrogens with one attached hydrogen (secondary N) is 2. The predicted octanol–water partition coefficient (Wildman–Crippen LogP) is 5.84. The van der Waals surface area contributed by atoms with Crippen LogP contribution in [-0.2, 0) is 10.0 Å². The average Bonchev–Trinajstić information content (AvgIpc) is 2.66. The van der Waals surface area contributed by atoms with Gasteiger partial charge in [-0.15, -0.1) is 0 Å². The number of benzene rings is 3. The van der Waals surface area contributed by atoms with Gasteiger partial charge >= 0.3 is 0 Å². The molecule has 0 fully saturated rings. The highest BCUT2D eigenvalue weighted by Gasteiger charge is 2.20. The van der Waals surface area contributed by atoms with E-state index in [4.69, 9.17) is 34.8 Å². The highest BCUT2D eigenvalue weighted by atomic mass is 35.5. The Hall–Kier alpha value is -2.32. The van der Waals surface area contributed by atoms with Crippen molar-refractivity contribution in [2.45, 2.75) is 4.90 Å². The monoisotopic (exact) mass is 472 g/mol. The summed E-state index contributed by atoms with van der Waals surface area (Å²) in [6, 6.07) is 13.8. The van der Waals surface area contributed by atoms with Crippen LogP contribution < -0.4 is 10.0 Å². The Bertz CT molecular complexity index is 1180. The van der Waals surface area contributed by atoms with Gasteiger partial charge in [0.2, 0.25) is 0 Å². The SMILES string of the molecule is O=C(Nc1ccc(S(=O)(=O)Nc2c(Cl)cccc2Cl)cc1F)c1ccccc1Cl. The van der Waals surface area contributed by atoms with E-state index in [0.29, 0.717) is 0 Å². The van der Waals surface area contributed by atoms with Crippen molar-refractivity contribution in [3.8, 4) is 0 Å². The topological polar surface area (TPSA) is 75.3 Å². The van der Waals surface area contributed by atoms with Crippen molar-refractivity contribution in [2.75, 3.05) is 10.0 Å². The number of para-hydroxylation sites is 1. The fraction of sp³-hybridized carbons (Fsp3) is 0. The van der Waals surface area contributed by atoms with Crippen molar-refractivity contribution in [1.29, 1.82) is 0 Å². The van der Waals surface area contributed by atoms with Crippen LogP contribution in [0.2, 0.25) is 15.1 Å². The molecule has 0 saturated carbocycles. The number of halogens is 4. The first kappa shape index (κ1) is 21.4. The van der Waals surface area contributed by atoms with Gasteiger partial charge in [0, 0.05) is 0 Å². The molecule has 10 heteroatoms. The van der Waals surface area contributed by atoms with Crippen LogP contribution in [-0.4, -0.2) is 14.3 Å². The van der Waals surface area contributed by atoms with E-state index in [9.17, 15) is 17.6 Å². The molecule has 3 aromatic carbocycles. The first-order chi connectivity index (χ1) is 13.7. The van der Waals surface area contributed by atoms with Gasteiger partial charge in [-0.25, -0.2) is 12.8 Å². The molecule has 0 bridgehead atoms. The Balaban J connectivity index is 1.85. The number of carbonyl (C=O) groups excluding carboxylic acids is 1. The molecule has 2 N–H and O–H groups in total. The smallest absolute Gasteiger partial charge is 0.262 e. The molecule has 3 rings (SSSR count). The van der Waals surface area contributed by atoms with Crippen molar-refractivity contribution in [1.82, 2.24) is 0 Å². The molecule has 0 aliphatic carbocycles. The molecule has 0 aliphatic heterocycles. The van der Waals surface area contributed by atoms with Crippen LogP contribution in [0.15, 0.2) is 65.6 Å². The zero-order chi connectivity index (χ0) is 21.2. The van der Waals surface area contributed by atoms with Gasteiger partial charge in [-0.05, 0) is 42.5 Å². The lowest BCUT2D eigenvalue weighted by Gasteiger charge is -2.12. The second kappa shape index (κ2) is 8.59. The first-order valence-electron chi connectivity index (χ1n) is 8.01. The number of sulfonamides is 1. The minimum Gasteiger partial charge on any atom is -0.319 e. The Morgan fingerprint density at radius 1 is 0.862 bits per heavy atom. The normalized spacial score (nSPS) is 11.2. The lowest BCUT2D eigenvalue weighted by atomic mass is 10.2. The van der Waals surface area contributed by atoms with Gasteiger partial charge in [0.1, 0.15) is 5.82 Å². The van der Waals surface area contributed by atoms with Crippen LogP contribution in [0.4, 0.5) is 15.8 Å². The maximum absolute atomic E-state index is 14.5. The molecular formula is C19H12Cl3FN2O3S. The van der Waals surface area contributed by atoms with Gasteiger partial charge in [0.15, 0.2) is 0 Å². The second-order valence-corrected chi connectivity index (χ2v) is 8.68. The van der Waals surface area contributed by atoms with Crippen LogP contribution in [0.25, 0.3) is 0 Å². The molecule has 0 atom stereocenters. The molecule has 0 unspecified atom stereocenters. The number of anilines is 2. The zero-order valence-corrected chi connectivity index (χ0v) is 17.5. The van der Waals surface area contributed by atoms with Crippen molar-refractivity contribution < 1.29 is 17.6 Å². The molecule has 0 aromatic heterocycles. The Labute approximate surface area is 181 Å². The molecule has 0 saturated heterocycles. The minimum absolute atomic E-state index is 0.0210. The summed E-state index contributed by atoms with van der Waals surface area (Å²) in [6.07, 6.45) is 0. The van der Waals surface area contributed by atoms with E-state index in [1.807, 2.05) is 0 Å². The zero-order valence-electron chi connectivity index (χ0n) is 14.4. The third-order valence-electron chi connectivity index (χ3n) is 3.82. The summed E-state index contributed by atoms with van der Waals surface area (Å²) in [4.78, 5) is 11.9. The number of hydrogen-bond acceptors (Lipinski definition) is 3. The summed E-state index contributed by atoms with van der Waals surface area (Å²) in [5.74, 6) is -1.58. The van der Waals surface area contributed by atoms with Gasteiger partial charge in [-0.1, -0.05) is 53.0 Å². The van der Waals surface area contributed by atoms with E-state index in [2.05, 4.69) is 10.0 Å². The minimum atomic E-state index is -4.18. The second-order valence-electron chi connectivity index (χ2n) is 5.78. The lowest BCUT2D eigenvalue weighted by Crippen LogP contribution is -2.16. The molecule has 29 heavy (non-hydrogen) atoms. The Morgan fingerprint density at radius 3 is 2.10 bits per heavy atom. The average molecular weight is 474 g/mol. The predicted molar refractivity (Wildman–Crippen MR) is 113 cm³/mol. The van der Waals surface area contributed by atoms with Crippen LogP contribution in [0.3, 0.4) is 0 Å². The molecule has 0 radical (unpaired) electrons. The molecular weight excluding hydrogens is 462 g/mol. The summed E-state index contributed by atoms with van der Waals surface area (Å²) >= 11 is 17.9. The fourth-order valence-electron chi connectivity index (χ4n) is 2.39. The standard InChI is InChI=1S/C19H12Cl3FN2O3S/c20-13-5-2-1-4-12(13)19(26)24-17-9-8-11(10-16(17)23)29(27,28)25-18-14(21)6-3-7-15(18)22/h1-10,25H,(H,24,26). The first-order valence-corrected chi connectivity index (χ1v) is 10.6. The van der Waals surface area contributed by atoms with E-state index >= 15 is 0 Å². The van der Waals surface area contributed by atoms with E-state index < -0.39 is 21.7 Å². The van der Waals surface area contributed by atoms with Crippen molar-refractivity contribution in [3.63, 3.8) is 0 Å². The van der Waals surface area contributed by atoms with Crippen LogP contribution in [0.5, 0.6) is 0 Å². The van der Waals surface area contributed by atoms with Crippen molar-refractivity contribution in [2.24, 2.45) is 0 Å². The molecule has 5 nitrogen and oxygen atoms in total. The quantitative estimate of drug-likeness (QED) is 0.489. The molecule has 0 heterocycles. The highest BCUT2D eigenvalue weighted by Crippen LogP contribution is 2.32. The Kier molecular flexibility index (Phi) is 6.33. The Morgan fingerprint density at radius 2 is 1.48 bits per heavy atom. The van der Waals surface area contributed by atoms with Crippen LogP contribution in [0, 0.1) is 5.82 Å². The van der Waals surface area contributed by atoms with Gasteiger partial charge in [-0.2, -0.15) is 0 Å². The summed E-state index contributed by atoms with van der Waals surface area (Å²) in [7, 11) is -4.18. The summed E-state index contributed by atoms with van der Waals surface area (Å²) in [6.45, 7) is 0. The molecule has 150 valence electrons. The van der Waals surface area contributed by atoms with E-state index in [1.54, 1.807) is 18.2 Å². The summed E-state index contributed by atoms with van der Waals surface area (Å²) in [5, 5.41) is 2.73. The summed E-state index contributed by atoms with van der Waals surface area (Å²) in [5.41, 5.74) is -0.0720. The number of hydrogen-bond donors (Lipinski definition) is 2. The molecule has 1 amide bonds. The van der Waals surface area contributed by atoms with Crippen LogP contribution >= 0.6 is 34.8 Å². The number of carbonyl (C=O) groups is 1. The lowest BCUT2D eigenvalue weighted by molar-refractivity contribution is 0.102. The van der Waals surface area contributed by atoms with Crippen molar-refractivity contribution in [3.05, 3.63) is 87.1 Å². The largest absolute Gasteiger partial charge is 0.319 e. The van der Waals surface area contributed by atoms with Gasteiger partial charge < -0.3 is 5.32 Å². The molecule has 3 aromatic rings. The van der Waals surface area contributed by atoms with Crippen molar-refractivity contribution >= 4 is 62.1 Å². The van der Waals surface area contributed by atoms with Gasteiger partial charge in [0.25, 0.3) is 15.9 Å². The number of rotatable bonds is 5. The molecule has 0 aliphatic rings. The van der Waals surface area contributed by atoms with E-state index in [0.717, 1.165) is 18.2 Å². The maximum Gasteiger partial charge on any atom is 0.262 e. The van der Waals surface area contributed by atoms with E-state index in [1.165, 1.54) is 24.3 Å². The highest BCUT2D eigenvalue weighted by molar-refractivity contribution is 7.92. The fourth-order valence-corrected chi connectivity index (χ4v) is 4.33. The van der Waals surface area contributed by atoms with E-state index in [-0.39, 0.29) is 36.9 Å². The number of amides is 1. The van der Waals surface area contributed by atoms with Gasteiger partial charge in [0.05, 0.1) is 36.9 Å². The molecule has 0 spiro atoms. The summed E-state index contributed by atoms with van der Waals surface area (Å²) < 4.78 is 41.8.